The van der Waals surface area contributed by atoms with E-state index in [1.807, 2.05) is 5.32 Å². The number of carbonyl (C=O) groups is 1. The summed E-state index contributed by atoms with van der Waals surface area (Å²) in [4.78, 5) is 11.5. The fourth-order valence-electron chi connectivity index (χ4n) is 3.40. The van der Waals surface area contributed by atoms with Crippen molar-refractivity contribution in [1.29, 1.82) is 0 Å². The van der Waals surface area contributed by atoms with Crippen molar-refractivity contribution in [2.45, 2.75) is 25.2 Å². The van der Waals surface area contributed by atoms with E-state index >= 15 is 0 Å². The number of halogens is 4. The average molecular weight is 487 g/mol. The standard InChI is InChI=1S/C25H21F4N3O3/c1-16(31-24(33)25(27,28)29)23(15-34-20-5-3-2-4-6-20)35-21-11-12-22-17(13-21)14-30-32(22)19-9-7-18(26)8-10-19/h2-14,16,23H,15H2,1H3,(H,31,33)/t16-,23+/m0/s1. The van der Waals surface area contributed by atoms with Crippen LogP contribution >= 0.6 is 0 Å². The summed E-state index contributed by atoms with van der Waals surface area (Å²) < 4.78 is 64.8. The summed E-state index contributed by atoms with van der Waals surface area (Å²) in [6.45, 7) is 1.30. The molecule has 1 amide bonds. The lowest BCUT2D eigenvalue weighted by molar-refractivity contribution is -0.175. The number of fused-ring (bicyclic) bond motifs is 1. The number of aromatic nitrogens is 2. The normalized spacial score (nSPS) is 13.3. The lowest BCUT2D eigenvalue weighted by Gasteiger charge is -2.26. The molecule has 1 aromatic heterocycles. The van der Waals surface area contributed by atoms with Crippen molar-refractivity contribution in [1.82, 2.24) is 15.1 Å². The highest BCUT2D eigenvalue weighted by Crippen LogP contribution is 2.25. The summed E-state index contributed by atoms with van der Waals surface area (Å²) in [5, 5.41) is 6.95. The molecule has 1 N–H and O–H groups in total. The number of ether oxygens (including phenoxy) is 2. The van der Waals surface area contributed by atoms with E-state index in [4.69, 9.17) is 9.47 Å². The topological polar surface area (TPSA) is 65.4 Å². The van der Waals surface area contributed by atoms with Crippen molar-refractivity contribution in [3.8, 4) is 17.2 Å². The van der Waals surface area contributed by atoms with Gasteiger partial charge in [-0.1, -0.05) is 18.2 Å². The summed E-state index contributed by atoms with van der Waals surface area (Å²) >= 11 is 0. The zero-order chi connectivity index (χ0) is 25.0. The third-order valence-electron chi connectivity index (χ3n) is 5.23. The van der Waals surface area contributed by atoms with Crippen LogP contribution in [0.2, 0.25) is 0 Å². The Morgan fingerprint density at radius 3 is 2.43 bits per heavy atom. The summed E-state index contributed by atoms with van der Waals surface area (Å²) in [6, 6.07) is 18.6. The Hall–Kier alpha value is -4.08. The third-order valence-corrected chi connectivity index (χ3v) is 5.23. The highest BCUT2D eigenvalue weighted by molar-refractivity contribution is 5.82. The van der Waals surface area contributed by atoms with Gasteiger partial charge in [-0.25, -0.2) is 9.07 Å². The molecule has 10 heteroatoms. The minimum absolute atomic E-state index is 0.115. The van der Waals surface area contributed by atoms with Crippen LogP contribution in [0.15, 0.2) is 79.0 Å². The maximum absolute atomic E-state index is 13.3. The maximum Gasteiger partial charge on any atom is 0.471 e. The molecule has 182 valence electrons. The van der Waals surface area contributed by atoms with Crippen molar-refractivity contribution in [3.63, 3.8) is 0 Å². The molecule has 0 aliphatic carbocycles. The molecule has 0 aliphatic heterocycles. The molecule has 0 radical (unpaired) electrons. The number of hydrogen-bond acceptors (Lipinski definition) is 4. The molecule has 35 heavy (non-hydrogen) atoms. The molecular formula is C25H21F4N3O3. The van der Waals surface area contributed by atoms with Gasteiger partial charge in [0.25, 0.3) is 0 Å². The van der Waals surface area contributed by atoms with Crippen LogP contribution in [0.5, 0.6) is 11.5 Å². The second-order valence-electron chi connectivity index (χ2n) is 7.79. The first-order valence-electron chi connectivity index (χ1n) is 10.7. The molecule has 0 fully saturated rings. The van der Waals surface area contributed by atoms with E-state index in [1.165, 1.54) is 19.1 Å². The molecule has 0 spiro atoms. The Balaban J connectivity index is 1.55. The second kappa shape index (κ2) is 10.0. The SMILES string of the molecule is C[C@H](NC(=O)C(F)(F)F)[C@@H](COc1ccccc1)Oc1ccc2c(cnn2-c2ccc(F)cc2)c1. The van der Waals surface area contributed by atoms with Crippen molar-refractivity contribution in [2.75, 3.05) is 6.61 Å². The minimum Gasteiger partial charge on any atom is -0.490 e. The fourth-order valence-corrected chi connectivity index (χ4v) is 3.40. The van der Waals surface area contributed by atoms with Gasteiger partial charge < -0.3 is 14.8 Å². The van der Waals surface area contributed by atoms with E-state index in [2.05, 4.69) is 5.10 Å². The smallest absolute Gasteiger partial charge is 0.471 e. The molecule has 4 aromatic rings. The number of nitrogens with one attached hydrogen (secondary N) is 1. The van der Waals surface area contributed by atoms with Crippen LogP contribution in [0, 0.1) is 5.82 Å². The van der Waals surface area contributed by atoms with E-state index in [-0.39, 0.29) is 12.4 Å². The Morgan fingerprint density at radius 1 is 1.03 bits per heavy atom. The van der Waals surface area contributed by atoms with Crippen molar-refractivity contribution in [3.05, 3.63) is 84.8 Å². The number of benzene rings is 3. The summed E-state index contributed by atoms with van der Waals surface area (Å²) in [5.41, 5.74) is 1.38. The van der Waals surface area contributed by atoms with Gasteiger partial charge in [0.15, 0.2) is 6.10 Å². The Labute approximate surface area is 198 Å². The molecule has 0 saturated carbocycles. The summed E-state index contributed by atoms with van der Waals surface area (Å²) in [7, 11) is 0. The van der Waals surface area contributed by atoms with Gasteiger partial charge in [-0.2, -0.15) is 18.3 Å². The van der Waals surface area contributed by atoms with Crippen molar-refractivity contribution in [2.24, 2.45) is 0 Å². The maximum atomic E-state index is 13.3. The van der Waals surface area contributed by atoms with E-state index in [9.17, 15) is 22.4 Å². The van der Waals surface area contributed by atoms with E-state index in [1.54, 1.807) is 71.5 Å². The molecule has 1 heterocycles. The number of carbonyl (C=O) groups excluding carboxylic acids is 1. The van der Waals surface area contributed by atoms with Gasteiger partial charge in [-0.3, -0.25) is 4.79 Å². The van der Waals surface area contributed by atoms with Gasteiger partial charge in [-0.05, 0) is 61.5 Å². The molecule has 0 bridgehead atoms. The zero-order valence-corrected chi connectivity index (χ0v) is 18.5. The fraction of sp³-hybridized carbons (Fsp3) is 0.200. The highest BCUT2D eigenvalue weighted by Gasteiger charge is 2.40. The van der Waals surface area contributed by atoms with Crippen LogP contribution in [-0.4, -0.2) is 40.6 Å². The Kier molecular flexibility index (Phi) is 6.90. The lowest BCUT2D eigenvalue weighted by atomic mass is 10.2. The molecule has 0 saturated heterocycles. The molecule has 2 atom stereocenters. The van der Waals surface area contributed by atoms with Crippen LogP contribution in [0.4, 0.5) is 17.6 Å². The largest absolute Gasteiger partial charge is 0.490 e. The molecule has 0 unspecified atom stereocenters. The monoisotopic (exact) mass is 487 g/mol. The van der Waals surface area contributed by atoms with Crippen LogP contribution in [0.3, 0.4) is 0 Å². The van der Waals surface area contributed by atoms with Gasteiger partial charge in [0.05, 0.1) is 23.4 Å². The molecule has 6 nitrogen and oxygen atoms in total. The zero-order valence-electron chi connectivity index (χ0n) is 18.5. The number of amides is 1. The second-order valence-corrected chi connectivity index (χ2v) is 7.79. The van der Waals surface area contributed by atoms with Crippen LogP contribution in [0.1, 0.15) is 6.92 Å². The summed E-state index contributed by atoms with van der Waals surface area (Å²) in [5.74, 6) is -1.57. The predicted octanol–water partition coefficient (Wildman–Crippen LogP) is 5.06. The van der Waals surface area contributed by atoms with Crippen molar-refractivity contribution < 1.29 is 31.8 Å². The number of para-hydroxylation sites is 1. The molecule has 0 aliphatic rings. The number of hydrogen-bond donors (Lipinski definition) is 1. The first kappa shape index (κ1) is 24.1. The Bertz CT molecular complexity index is 1290. The van der Waals surface area contributed by atoms with Crippen LogP contribution in [-0.2, 0) is 4.79 Å². The van der Waals surface area contributed by atoms with E-state index in [0.717, 1.165) is 5.52 Å². The molecule has 4 rings (SSSR count). The number of nitrogens with zero attached hydrogens (tertiary/aromatic N) is 2. The van der Waals surface area contributed by atoms with Crippen LogP contribution in [0.25, 0.3) is 16.6 Å². The van der Waals surface area contributed by atoms with Gasteiger partial charge in [0, 0.05) is 5.39 Å². The van der Waals surface area contributed by atoms with Crippen molar-refractivity contribution >= 4 is 16.8 Å². The van der Waals surface area contributed by atoms with Crippen LogP contribution < -0.4 is 14.8 Å². The van der Waals surface area contributed by atoms with Gasteiger partial charge in [-0.15, -0.1) is 0 Å². The van der Waals surface area contributed by atoms with E-state index < -0.39 is 24.2 Å². The Morgan fingerprint density at radius 2 is 1.74 bits per heavy atom. The first-order valence-corrected chi connectivity index (χ1v) is 10.7. The highest BCUT2D eigenvalue weighted by atomic mass is 19.4. The quantitative estimate of drug-likeness (QED) is 0.353. The molecule has 3 aromatic carbocycles. The third kappa shape index (κ3) is 5.89. The summed E-state index contributed by atoms with van der Waals surface area (Å²) in [6.07, 6.45) is -4.37. The predicted molar refractivity (Wildman–Crippen MR) is 121 cm³/mol. The van der Waals surface area contributed by atoms with Gasteiger partial charge in [0.1, 0.15) is 23.9 Å². The lowest BCUT2D eigenvalue weighted by Crippen LogP contribution is -2.50. The van der Waals surface area contributed by atoms with E-state index in [0.29, 0.717) is 22.6 Å². The average Bonchev–Trinajstić information content (AvgIpc) is 3.25. The van der Waals surface area contributed by atoms with Gasteiger partial charge in [0.2, 0.25) is 0 Å². The number of alkyl halides is 3. The molecular weight excluding hydrogens is 466 g/mol. The number of rotatable bonds is 8. The first-order chi connectivity index (χ1) is 16.7. The van der Waals surface area contributed by atoms with Gasteiger partial charge >= 0.3 is 12.1 Å². The minimum atomic E-state index is -5.02.